The second-order valence-corrected chi connectivity index (χ2v) is 3.62. The van der Waals surface area contributed by atoms with E-state index in [1.165, 1.54) is 0 Å². The maximum Gasteiger partial charge on any atom is 0.195 e. The first-order valence-electron chi connectivity index (χ1n) is 4.18. The number of aromatic nitrogens is 1. The number of rotatable bonds is 3. The Morgan fingerprint density at radius 3 is 3.08 bits per heavy atom. The van der Waals surface area contributed by atoms with Crippen molar-refractivity contribution in [2.75, 3.05) is 13.2 Å². The van der Waals surface area contributed by atoms with Crippen LogP contribution >= 0.6 is 11.3 Å². The van der Waals surface area contributed by atoms with Crippen molar-refractivity contribution in [2.45, 2.75) is 12.7 Å². The average Bonchev–Trinajstić information content (AvgIpc) is 2.71. The molecule has 2 rings (SSSR count). The molecule has 70 valence electrons. The van der Waals surface area contributed by atoms with Crippen molar-refractivity contribution >= 4 is 11.3 Å². The standard InChI is InChI=1S/C9H11NO2S/c1-2-3-7-8(13-6-10-7)9-11-4-5-12-9/h2,6,9H,1,3-5H2. The lowest BCUT2D eigenvalue weighted by Gasteiger charge is -2.07. The lowest BCUT2D eigenvalue weighted by molar-refractivity contribution is -0.0419. The van der Waals surface area contributed by atoms with Crippen molar-refractivity contribution in [3.8, 4) is 0 Å². The summed E-state index contributed by atoms with van der Waals surface area (Å²) in [6.07, 6.45) is 2.43. The predicted molar refractivity (Wildman–Crippen MR) is 50.7 cm³/mol. The van der Waals surface area contributed by atoms with Gasteiger partial charge in [0.15, 0.2) is 6.29 Å². The van der Waals surface area contributed by atoms with E-state index >= 15 is 0 Å². The van der Waals surface area contributed by atoms with E-state index in [0.717, 1.165) is 17.0 Å². The van der Waals surface area contributed by atoms with Crippen LogP contribution in [0.5, 0.6) is 0 Å². The Balaban J connectivity index is 2.17. The molecule has 1 aliphatic rings. The number of allylic oxidation sites excluding steroid dienone is 1. The highest BCUT2D eigenvalue weighted by Gasteiger charge is 2.22. The number of hydrogen-bond donors (Lipinski definition) is 0. The van der Waals surface area contributed by atoms with Gasteiger partial charge in [-0.1, -0.05) is 6.08 Å². The van der Waals surface area contributed by atoms with E-state index in [1.54, 1.807) is 11.3 Å². The SMILES string of the molecule is C=CCc1ncsc1C1OCCO1. The summed E-state index contributed by atoms with van der Waals surface area (Å²) in [6, 6.07) is 0. The number of nitrogens with zero attached hydrogens (tertiary/aromatic N) is 1. The molecule has 1 saturated heterocycles. The lowest BCUT2D eigenvalue weighted by Crippen LogP contribution is -1.99. The molecule has 0 amide bonds. The maximum absolute atomic E-state index is 5.40. The molecule has 0 N–H and O–H groups in total. The summed E-state index contributed by atoms with van der Waals surface area (Å²) in [5, 5.41) is 0. The third-order valence-electron chi connectivity index (χ3n) is 1.85. The summed E-state index contributed by atoms with van der Waals surface area (Å²) in [7, 11) is 0. The normalized spacial score (nSPS) is 17.8. The van der Waals surface area contributed by atoms with Crippen LogP contribution in [0.25, 0.3) is 0 Å². The van der Waals surface area contributed by atoms with Gasteiger partial charge in [-0.15, -0.1) is 17.9 Å². The van der Waals surface area contributed by atoms with Crippen molar-refractivity contribution < 1.29 is 9.47 Å². The molecule has 4 heteroatoms. The molecule has 0 atom stereocenters. The number of hydrogen-bond acceptors (Lipinski definition) is 4. The van der Waals surface area contributed by atoms with Gasteiger partial charge in [-0.25, -0.2) is 4.98 Å². The molecule has 2 heterocycles. The third-order valence-corrected chi connectivity index (χ3v) is 2.74. The highest BCUT2D eigenvalue weighted by molar-refractivity contribution is 7.09. The van der Waals surface area contributed by atoms with Crippen molar-refractivity contribution in [1.29, 1.82) is 0 Å². The smallest absolute Gasteiger partial charge is 0.195 e. The van der Waals surface area contributed by atoms with E-state index in [9.17, 15) is 0 Å². The zero-order chi connectivity index (χ0) is 9.10. The average molecular weight is 197 g/mol. The van der Waals surface area contributed by atoms with E-state index in [0.29, 0.717) is 13.2 Å². The number of ether oxygens (including phenoxy) is 2. The molecule has 0 aromatic carbocycles. The summed E-state index contributed by atoms with van der Waals surface area (Å²) in [5.41, 5.74) is 2.84. The third kappa shape index (κ3) is 1.80. The first kappa shape index (κ1) is 8.87. The Bertz CT molecular complexity index is 292. The lowest BCUT2D eigenvalue weighted by atomic mass is 10.2. The molecule has 13 heavy (non-hydrogen) atoms. The van der Waals surface area contributed by atoms with E-state index in [-0.39, 0.29) is 6.29 Å². The zero-order valence-electron chi connectivity index (χ0n) is 7.23. The van der Waals surface area contributed by atoms with Gasteiger partial charge in [0.2, 0.25) is 0 Å². The second kappa shape index (κ2) is 4.00. The zero-order valence-corrected chi connectivity index (χ0v) is 8.05. The quantitative estimate of drug-likeness (QED) is 0.694. The molecule has 1 fully saturated rings. The fourth-order valence-corrected chi connectivity index (χ4v) is 2.08. The Kier molecular flexibility index (Phi) is 2.73. The molecule has 0 bridgehead atoms. The summed E-state index contributed by atoms with van der Waals surface area (Å²) in [5.74, 6) is 0. The summed E-state index contributed by atoms with van der Waals surface area (Å²) in [6.45, 7) is 5.04. The fraction of sp³-hybridized carbons (Fsp3) is 0.444. The highest BCUT2D eigenvalue weighted by atomic mass is 32.1. The van der Waals surface area contributed by atoms with Crippen molar-refractivity contribution in [2.24, 2.45) is 0 Å². The van der Waals surface area contributed by atoms with Gasteiger partial charge < -0.3 is 9.47 Å². The molecule has 3 nitrogen and oxygen atoms in total. The molecule has 0 spiro atoms. The predicted octanol–water partition coefficient (Wildman–Crippen LogP) is 1.92. The van der Waals surface area contributed by atoms with Crippen LogP contribution in [-0.2, 0) is 15.9 Å². The largest absolute Gasteiger partial charge is 0.345 e. The first-order chi connectivity index (χ1) is 6.42. The fourth-order valence-electron chi connectivity index (χ4n) is 1.27. The van der Waals surface area contributed by atoms with Crippen molar-refractivity contribution in [3.63, 3.8) is 0 Å². The van der Waals surface area contributed by atoms with Crippen LogP contribution in [0.1, 0.15) is 16.9 Å². The van der Waals surface area contributed by atoms with Crippen LogP contribution in [0.15, 0.2) is 18.2 Å². The molecule has 0 radical (unpaired) electrons. The first-order valence-corrected chi connectivity index (χ1v) is 5.06. The van der Waals surface area contributed by atoms with Gasteiger partial charge in [0.25, 0.3) is 0 Å². The summed E-state index contributed by atoms with van der Waals surface area (Å²) < 4.78 is 10.8. The Hall–Kier alpha value is -0.710. The minimum Gasteiger partial charge on any atom is -0.345 e. The molecule has 1 aromatic rings. The summed E-state index contributed by atoms with van der Waals surface area (Å²) in [4.78, 5) is 5.32. The van der Waals surface area contributed by atoms with Crippen LogP contribution in [0.3, 0.4) is 0 Å². The van der Waals surface area contributed by atoms with E-state index < -0.39 is 0 Å². The summed E-state index contributed by atoms with van der Waals surface area (Å²) >= 11 is 1.58. The van der Waals surface area contributed by atoms with Gasteiger partial charge in [-0.05, 0) is 0 Å². The van der Waals surface area contributed by atoms with Gasteiger partial charge in [0.05, 0.1) is 29.3 Å². The van der Waals surface area contributed by atoms with Gasteiger partial charge >= 0.3 is 0 Å². The molecule has 0 unspecified atom stereocenters. The molecule has 1 aliphatic heterocycles. The maximum atomic E-state index is 5.40. The Morgan fingerprint density at radius 1 is 1.62 bits per heavy atom. The van der Waals surface area contributed by atoms with Gasteiger partial charge in [0.1, 0.15) is 0 Å². The van der Waals surface area contributed by atoms with Gasteiger partial charge in [0, 0.05) is 6.42 Å². The van der Waals surface area contributed by atoms with E-state index in [1.807, 2.05) is 11.6 Å². The molecular weight excluding hydrogens is 186 g/mol. The van der Waals surface area contributed by atoms with Crippen molar-refractivity contribution in [3.05, 3.63) is 28.7 Å². The topological polar surface area (TPSA) is 31.4 Å². The van der Waals surface area contributed by atoms with Gasteiger partial charge in [-0.3, -0.25) is 0 Å². The minimum absolute atomic E-state index is 0.192. The Morgan fingerprint density at radius 2 is 2.38 bits per heavy atom. The second-order valence-electron chi connectivity index (χ2n) is 2.73. The molecular formula is C9H11NO2S. The Labute approximate surface area is 81.0 Å². The highest BCUT2D eigenvalue weighted by Crippen LogP contribution is 2.29. The van der Waals surface area contributed by atoms with E-state index in [2.05, 4.69) is 11.6 Å². The molecule has 0 saturated carbocycles. The van der Waals surface area contributed by atoms with E-state index in [4.69, 9.17) is 9.47 Å². The monoisotopic (exact) mass is 197 g/mol. The van der Waals surface area contributed by atoms with Gasteiger partial charge in [-0.2, -0.15) is 0 Å². The van der Waals surface area contributed by atoms with Crippen LogP contribution in [0.4, 0.5) is 0 Å². The van der Waals surface area contributed by atoms with Crippen LogP contribution in [0, 0.1) is 0 Å². The molecule has 0 aliphatic carbocycles. The number of thiazole rings is 1. The van der Waals surface area contributed by atoms with Crippen LogP contribution in [0.2, 0.25) is 0 Å². The van der Waals surface area contributed by atoms with Crippen LogP contribution < -0.4 is 0 Å². The minimum atomic E-state index is -0.192. The van der Waals surface area contributed by atoms with Crippen molar-refractivity contribution in [1.82, 2.24) is 4.98 Å². The van der Waals surface area contributed by atoms with Crippen LogP contribution in [-0.4, -0.2) is 18.2 Å². The molecule has 1 aromatic heterocycles.